The number of Topliss-reactive ketones (excluding diaryl/α,β-unsaturated/α-hetero) is 1. The van der Waals surface area contributed by atoms with E-state index in [9.17, 15) is 4.79 Å². The third-order valence-electron chi connectivity index (χ3n) is 3.90. The van der Waals surface area contributed by atoms with E-state index < -0.39 is 0 Å². The summed E-state index contributed by atoms with van der Waals surface area (Å²) in [6.07, 6.45) is 1.35. The molecule has 3 aromatic carbocycles. The molecule has 21 heavy (non-hydrogen) atoms. The molecule has 0 heterocycles. The average Bonchev–Trinajstić information content (AvgIpc) is 2.53. The van der Waals surface area contributed by atoms with Gasteiger partial charge in [0.1, 0.15) is 0 Å². The first-order chi connectivity index (χ1) is 10.3. The Balaban J connectivity index is 1.89. The fourth-order valence-corrected chi connectivity index (χ4v) is 2.78. The van der Waals surface area contributed by atoms with Crippen LogP contribution in [0.5, 0.6) is 0 Å². The fraction of sp³-hybridized carbons (Fsp3) is 0.150. The summed E-state index contributed by atoms with van der Waals surface area (Å²) in [7, 11) is 0. The van der Waals surface area contributed by atoms with E-state index in [-0.39, 0.29) is 5.78 Å². The van der Waals surface area contributed by atoms with Crippen LogP contribution in [0.25, 0.3) is 10.8 Å². The van der Waals surface area contributed by atoms with Gasteiger partial charge in [0.25, 0.3) is 0 Å². The summed E-state index contributed by atoms with van der Waals surface area (Å²) >= 11 is 0. The molecule has 0 N–H and O–H groups in total. The zero-order valence-corrected chi connectivity index (χ0v) is 12.2. The van der Waals surface area contributed by atoms with E-state index >= 15 is 0 Å². The maximum Gasteiger partial charge on any atom is 0.164 e. The standard InChI is InChI=1S/C20H18O/c1-15-11-13-17-9-5-6-10-18(17)20(15)19(21)14-12-16-7-3-2-4-8-16/h2-11,13H,12,14H2,1H3. The molecule has 0 radical (unpaired) electrons. The number of hydrogen-bond acceptors (Lipinski definition) is 1. The van der Waals surface area contributed by atoms with Gasteiger partial charge in [-0.3, -0.25) is 4.79 Å². The highest BCUT2D eigenvalue weighted by atomic mass is 16.1. The molecule has 0 aromatic heterocycles. The van der Waals surface area contributed by atoms with Crippen LogP contribution in [0.2, 0.25) is 0 Å². The number of aryl methyl sites for hydroxylation is 2. The van der Waals surface area contributed by atoms with Crippen molar-refractivity contribution in [2.45, 2.75) is 19.8 Å². The molecule has 0 saturated carbocycles. The normalized spacial score (nSPS) is 10.7. The van der Waals surface area contributed by atoms with Gasteiger partial charge in [0.15, 0.2) is 5.78 Å². The number of rotatable bonds is 4. The second-order valence-corrected chi connectivity index (χ2v) is 5.39. The van der Waals surface area contributed by atoms with Crippen LogP contribution in [-0.2, 0) is 6.42 Å². The molecule has 0 unspecified atom stereocenters. The van der Waals surface area contributed by atoms with Gasteiger partial charge >= 0.3 is 0 Å². The van der Waals surface area contributed by atoms with Crippen molar-refractivity contribution in [3.63, 3.8) is 0 Å². The highest BCUT2D eigenvalue weighted by molar-refractivity contribution is 6.09. The van der Waals surface area contributed by atoms with Crippen LogP contribution >= 0.6 is 0 Å². The predicted molar refractivity (Wildman–Crippen MR) is 87.8 cm³/mol. The summed E-state index contributed by atoms with van der Waals surface area (Å²) in [5.41, 5.74) is 3.15. The van der Waals surface area contributed by atoms with Gasteiger partial charge in [-0.2, -0.15) is 0 Å². The highest BCUT2D eigenvalue weighted by Crippen LogP contribution is 2.24. The van der Waals surface area contributed by atoms with Crippen LogP contribution in [0, 0.1) is 6.92 Å². The fourth-order valence-electron chi connectivity index (χ4n) is 2.78. The molecule has 0 atom stereocenters. The first-order valence-corrected chi connectivity index (χ1v) is 7.31. The quantitative estimate of drug-likeness (QED) is 0.614. The van der Waals surface area contributed by atoms with Gasteiger partial charge < -0.3 is 0 Å². The van der Waals surface area contributed by atoms with Crippen molar-refractivity contribution in [3.05, 3.63) is 83.4 Å². The molecule has 3 rings (SSSR count). The number of carbonyl (C=O) groups excluding carboxylic acids is 1. The summed E-state index contributed by atoms with van der Waals surface area (Å²) in [4.78, 5) is 12.7. The molecule has 3 aromatic rings. The van der Waals surface area contributed by atoms with E-state index in [1.54, 1.807) is 0 Å². The Bertz CT molecular complexity index is 772. The van der Waals surface area contributed by atoms with Crippen LogP contribution in [-0.4, -0.2) is 5.78 Å². The van der Waals surface area contributed by atoms with Crippen molar-refractivity contribution in [2.24, 2.45) is 0 Å². The lowest BCUT2D eigenvalue weighted by Crippen LogP contribution is -2.04. The lowest BCUT2D eigenvalue weighted by Gasteiger charge is -2.09. The van der Waals surface area contributed by atoms with Crippen molar-refractivity contribution in [3.8, 4) is 0 Å². The molecular weight excluding hydrogens is 256 g/mol. The maximum absolute atomic E-state index is 12.7. The Morgan fingerprint density at radius 2 is 1.57 bits per heavy atom. The van der Waals surface area contributed by atoms with Crippen molar-refractivity contribution in [2.75, 3.05) is 0 Å². The SMILES string of the molecule is Cc1ccc2ccccc2c1C(=O)CCc1ccccc1. The lowest BCUT2D eigenvalue weighted by molar-refractivity contribution is 0.0984. The third-order valence-corrected chi connectivity index (χ3v) is 3.90. The van der Waals surface area contributed by atoms with Crippen LogP contribution < -0.4 is 0 Å². The zero-order valence-electron chi connectivity index (χ0n) is 12.2. The topological polar surface area (TPSA) is 17.1 Å². The summed E-state index contributed by atoms with van der Waals surface area (Å²) in [6.45, 7) is 2.02. The first kappa shape index (κ1) is 13.6. The monoisotopic (exact) mass is 274 g/mol. The molecule has 0 saturated heterocycles. The predicted octanol–water partition coefficient (Wildman–Crippen LogP) is 4.96. The highest BCUT2D eigenvalue weighted by Gasteiger charge is 2.13. The second-order valence-electron chi connectivity index (χ2n) is 5.39. The smallest absolute Gasteiger partial charge is 0.164 e. The number of benzene rings is 3. The van der Waals surface area contributed by atoms with E-state index in [0.717, 1.165) is 28.3 Å². The molecule has 0 aliphatic carbocycles. The Kier molecular flexibility index (Phi) is 3.83. The largest absolute Gasteiger partial charge is 0.294 e. The maximum atomic E-state index is 12.7. The van der Waals surface area contributed by atoms with Gasteiger partial charge in [-0.15, -0.1) is 0 Å². The van der Waals surface area contributed by atoms with E-state index in [1.807, 2.05) is 49.4 Å². The van der Waals surface area contributed by atoms with Crippen molar-refractivity contribution in [1.82, 2.24) is 0 Å². The van der Waals surface area contributed by atoms with Crippen LogP contribution in [0.1, 0.15) is 27.9 Å². The van der Waals surface area contributed by atoms with Crippen molar-refractivity contribution >= 4 is 16.6 Å². The Morgan fingerprint density at radius 1 is 0.857 bits per heavy atom. The van der Waals surface area contributed by atoms with Gasteiger partial charge in [-0.05, 0) is 35.2 Å². The Labute approximate surface area is 125 Å². The number of carbonyl (C=O) groups is 1. The lowest BCUT2D eigenvalue weighted by atomic mass is 9.94. The average molecular weight is 274 g/mol. The summed E-state index contributed by atoms with van der Waals surface area (Å²) in [6, 6.07) is 22.4. The van der Waals surface area contributed by atoms with Crippen molar-refractivity contribution in [1.29, 1.82) is 0 Å². The zero-order chi connectivity index (χ0) is 14.7. The van der Waals surface area contributed by atoms with E-state index in [2.05, 4.69) is 24.3 Å². The van der Waals surface area contributed by atoms with Gasteiger partial charge in [0.2, 0.25) is 0 Å². The van der Waals surface area contributed by atoms with E-state index in [4.69, 9.17) is 0 Å². The van der Waals surface area contributed by atoms with Gasteiger partial charge in [0.05, 0.1) is 0 Å². The van der Waals surface area contributed by atoms with Gasteiger partial charge in [-0.1, -0.05) is 66.7 Å². The number of fused-ring (bicyclic) bond motifs is 1. The Hall–Kier alpha value is -2.41. The van der Waals surface area contributed by atoms with E-state index in [0.29, 0.717) is 6.42 Å². The minimum atomic E-state index is 0.230. The molecule has 1 nitrogen and oxygen atoms in total. The first-order valence-electron chi connectivity index (χ1n) is 7.31. The Morgan fingerprint density at radius 3 is 2.38 bits per heavy atom. The molecule has 104 valence electrons. The molecule has 0 spiro atoms. The van der Waals surface area contributed by atoms with Crippen LogP contribution in [0.3, 0.4) is 0 Å². The number of ketones is 1. The van der Waals surface area contributed by atoms with E-state index in [1.165, 1.54) is 5.56 Å². The summed E-state index contributed by atoms with van der Waals surface area (Å²) in [5, 5.41) is 2.20. The second kappa shape index (κ2) is 5.92. The minimum absolute atomic E-state index is 0.230. The van der Waals surface area contributed by atoms with Crippen LogP contribution in [0.15, 0.2) is 66.7 Å². The third kappa shape index (κ3) is 2.87. The van der Waals surface area contributed by atoms with Crippen molar-refractivity contribution < 1.29 is 4.79 Å². The molecule has 0 fully saturated rings. The number of hydrogen-bond donors (Lipinski definition) is 0. The molecule has 0 amide bonds. The summed E-state index contributed by atoms with van der Waals surface area (Å²) < 4.78 is 0. The molecule has 0 bridgehead atoms. The van der Waals surface area contributed by atoms with Gasteiger partial charge in [0, 0.05) is 12.0 Å². The molecule has 0 aliphatic heterocycles. The molecular formula is C20H18O. The van der Waals surface area contributed by atoms with Crippen LogP contribution in [0.4, 0.5) is 0 Å². The van der Waals surface area contributed by atoms with Gasteiger partial charge in [-0.25, -0.2) is 0 Å². The summed E-state index contributed by atoms with van der Waals surface area (Å²) in [5.74, 6) is 0.230. The molecule has 1 heteroatoms. The molecule has 0 aliphatic rings. The minimum Gasteiger partial charge on any atom is -0.294 e.